The third-order valence-electron chi connectivity index (χ3n) is 2.59. The maximum Gasteiger partial charge on any atom is 0.352 e. The Morgan fingerprint density at radius 3 is 2.13 bits per heavy atom. The molecule has 4 nitrogen and oxygen atoms in total. The van der Waals surface area contributed by atoms with E-state index in [2.05, 4.69) is 5.32 Å². The number of carbonyl (C=O) groups excluding carboxylic acids is 2. The predicted octanol–water partition coefficient (Wildman–Crippen LogP) is -0.915. The van der Waals surface area contributed by atoms with Gasteiger partial charge in [-0.3, -0.25) is 0 Å². The number of fused-ring (bicyclic) bond motifs is 1. The predicted molar refractivity (Wildman–Crippen MR) is 54.9 cm³/mol. The van der Waals surface area contributed by atoms with Gasteiger partial charge in [-0.15, -0.1) is 0 Å². The highest BCUT2D eigenvalue weighted by Gasteiger charge is 2.40. The quantitative estimate of drug-likeness (QED) is 0.628. The van der Waals surface area contributed by atoms with Crippen molar-refractivity contribution in [1.29, 1.82) is 0 Å². The van der Waals surface area contributed by atoms with Crippen molar-refractivity contribution in [1.82, 2.24) is 5.32 Å². The van der Waals surface area contributed by atoms with Crippen LogP contribution in [0.5, 0.6) is 0 Å². The van der Waals surface area contributed by atoms with Gasteiger partial charge in [0.15, 0.2) is 0 Å². The monoisotopic (exact) mass is 205 g/mol. The molecular weight excluding hydrogens is 192 g/mol. The molecular formula is C11H13N2O2+. The minimum atomic E-state index is -0.106. The van der Waals surface area contributed by atoms with Gasteiger partial charge >= 0.3 is 11.8 Å². The highest BCUT2D eigenvalue weighted by atomic mass is 16.2. The molecule has 0 atom stereocenters. The molecule has 0 aliphatic carbocycles. The zero-order valence-electron chi connectivity index (χ0n) is 8.54. The molecule has 0 unspecified atom stereocenters. The number of amides is 2. The van der Waals surface area contributed by atoms with Crippen molar-refractivity contribution in [2.45, 2.75) is 0 Å². The molecule has 1 aliphatic heterocycles. The Labute approximate surface area is 87.9 Å². The molecule has 78 valence electrons. The minimum Gasteiger partial charge on any atom is -0.315 e. The van der Waals surface area contributed by atoms with Crippen molar-refractivity contribution < 1.29 is 14.5 Å². The first-order valence-electron chi connectivity index (χ1n) is 4.94. The third kappa shape index (κ3) is 1.58. The molecule has 15 heavy (non-hydrogen) atoms. The van der Waals surface area contributed by atoms with Crippen LogP contribution in [0.3, 0.4) is 0 Å². The van der Waals surface area contributed by atoms with Gasteiger partial charge in [-0.25, -0.2) is 9.59 Å². The average Bonchev–Trinajstić information content (AvgIpc) is 2.51. The minimum absolute atomic E-state index is 0.106. The number of imide groups is 1. The van der Waals surface area contributed by atoms with Gasteiger partial charge in [0, 0.05) is 6.54 Å². The molecule has 1 heterocycles. The van der Waals surface area contributed by atoms with Gasteiger partial charge in [-0.05, 0) is 19.2 Å². The number of carbonyl (C=O) groups is 2. The lowest BCUT2D eigenvalue weighted by Crippen LogP contribution is -3.15. The van der Waals surface area contributed by atoms with Gasteiger partial charge in [0.05, 0.1) is 11.1 Å². The summed E-state index contributed by atoms with van der Waals surface area (Å²) in [6, 6.07) is 6.99. The van der Waals surface area contributed by atoms with Crippen LogP contribution >= 0.6 is 0 Å². The molecule has 0 bridgehead atoms. The Morgan fingerprint density at radius 1 is 1.13 bits per heavy atom. The normalized spacial score (nSPS) is 15.8. The van der Waals surface area contributed by atoms with Crippen LogP contribution in [0, 0.1) is 0 Å². The molecule has 0 fully saturated rings. The summed E-state index contributed by atoms with van der Waals surface area (Å²) in [5, 5.41) is 2.94. The molecule has 4 heteroatoms. The van der Waals surface area contributed by atoms with Crippen LogP contribution < -0.4 is 10.2 Å². The van der Waals surface area contributed by atoms with Crippen LogP contribution in [0.25, 0.3) is 0 Å². The SMILES string of the molecule is CNCC[NH+]1C(=O)c2ccccc2C1=O. The van der Waals surface area contributed by atoms with Crippen LogP contribution in [-0.4, -0.2) is 32.0 Å². The van der Waals surface area contributed by atoms with Crippen molar-refractivity contribution >= 4 is 11.8 Å². The Hall–Kier alpha value is -1.52. The molecule has 2 amide bonds. The van der Waals surface area contributed by atoms with Crippen LogP contribution in [0.2, 0.25) is 0 Å². The standard InChI is InChI=1S/C11H12N2O2/c1-12-6-7-13-10(14)8-4-2-3-5-9(8)11(13)15/h2-5,12H,6-7H2,1H3/p+1. The average molecular weight is 205 g/mol. The van der Waals surface area contributed by atoms with E-state index in [9.17, 15) is 9.59 Å². The number of likely N-dealkylation sites (N-methyl/N-ethyl adjacent to an activating group) is 1. The summed E-state index contributed by atoms with van der Waals surface area (Å²) in [5.41, 5.74) is 1.10. The maximum absolute atomic E-state index is 11.8. The maximum atomic E-state index is 11.8. The Balaban J connectivity index is 2.29. The lowest BCUT2D eigenvalue weighted by atomic mass is 10.1. The largest absolute Gasteiger partial charge is 0.352 e. The van der Waals surface area contributed by atoms with Gasteiger partial charge in [0.1, 0.15) is 6.54 Å². The Bertz CT molecular complexity index is 380. The zero-order chi connectivity index (χ0) is 10.8. The summed E-state index contributed by atoms with van der Waals surface area (Å²) in [7, 11) is 1.80. The summed E-state index contributed by atoms with van der Waals surface area (Å²) < 4.78 is 0. The Kier molecular flexibility index (Phi) is 2.62. The fourth-order valence-corrected chi connectivity index (χ4v) is 1.78. The van der Waals surface area contributed by atoms with Gasteiger partial charge < -0.3 is 5.32 Å². The topological polar surface area (TPSA) is 50.6 Å². The van der Waals surface area contributed by atoms with Crippen molar-refractivity contribution in [2.75, 3.05) is 20.1 Å². The molecule has 0 saturated carbocycles. The summed E-state index contributed by atoms with van der Waals surface area (Å²) in [5.74, 6) is -0.211. The molecule has 1 aromatic carbocycles. The zero-order valence-corrected chi connectivity index (χ0v) is 8.54. The van der Waals surface area contributed by atoms with Gasteiger partial charge in [0.25, 0.3) is 0 Å². The second-order valence-corrected chi connectivity index (χ2v) is 3.54. The number of hydrogen-bond donors (Lipinski definition) is 2. The number of hydrogen-bond acceptors (Lipinski definition) is 3. The highest BCUT2D eigenvalue weighted by Crippen LogP contribution is 2.10. The van der Waals surface area contributed by atoms with Crippen molar-refractivity contribution in [3.8, 4) is 0 Å². The Morgan fingerprint density at radius 2 is 1.67 bits per heavy atom. The summed E-state index contributed by atoms with van der Waals surface area (Å²) in [6.07, 6.45) is 0. The molecule has 0 spiro atoms. The molecule has 1 aliphatic rings. The first-order valence-corrected chi connectivity index (χ1v) is 4.94. The fraction of sp³-hybridized carbons (Fsp3) is 0.273. The van der Waals surface area contributed by atoms with Crippen LogP contribution in [0.1, 0.15) is 20.7 Å². The lowest BCUT2D eigenvalue weighted by molar-refractivity contribution is -0.718. The van der Waals surface area contributed by atoms with Crippen LogP contribution in [0.4, 0.5) is 0 Å². The second-order valence-electron chi connectivity index (χ2n) is 3.54. The van der Waals surface area contributed by atoms with E-state index in [1.54, 1.807) is 31.3 Å². The van der Waals surface area contributed by atoms with Gasteiger partial charge in [-0.2, -0.15) is 4.90 Å². The van der Waals surface area contributed by atoms with Crippen LogP contribution in [0.15, 0.2) is 24.3 Å². The van der Waals surface area contributed by atoms with Crippen molar-refractivity contribution in [3.05, 3.63) is 35.4 Å². The van der Waals surface area contributed by atoms with Crippen molar-refractivity contribution in [3.63, 3.8) is 0 Å². The fourth-order valence-electron chi connectivity index (χ4n) is 1.78. The highest BCUT2D eigenvalue weighted by molar-refractivity contribution is 6.11. The van der Waals surface area contributed by atoms with Gasteiger partial charge in [0.2, 0.25) is 0 Å². The van der Waals surface area contributed by atoms with E-state index >= 15 is 0 Å². The van der Waals surface area contributed by atoms with E-state index in [0.717, 1.165) is 0 Å². The first kappa shape index (κ1) is 10.0. The number of quaternary nitrogens is 1. The second kappa shape index (κ2) is 3.92. The smallest absolute Gasteiger partial charge is 0.315 e. The molecule has 2 N–H and O–H groups in total. The third-order valence-corrected chi connectivity index (χ3v) is 2.59. The number of benzene rings is 1. The molecule has 1 aromatic rings. The number of rotatable bonds is 3. The first-order chi connectivity index (χ1) is 7.25. The van der Waals surface area contributed by atoms with Crippen molar-refractivity contribution in [2.24, 2.45) is 0 Å². The van der Waals surface area contributed by atoms with E-state index in [4.69, 9.17) is 0 Å². The van der Waals surface area contributed by atoms with Gasteiger partial charge in [-0.1, -0.05) is 12.1 Å². The van der Waals surface area contributed by atoms with E-state index in [1.807, 2.05) is 0 Å². The van der Waals surface area contributed by atoms with Crippen LogP contribution in [-0.2, 0) is 0 Å². The molecule has 0 aromatic heterocycles. The molecule has 0 radical (unpaired) electrons. The van der Waals surface area contributed by atoms with E-state index in [-0.39, 0.29) is 11.8 Å². The summed E-state index contributed by atoms with van der Waals surface area (Å²) >= 11 is 0. The van der Waals surface area contributed by atoms with E-state index < -0.39 is 0 Å². The summed E-state index contributed by atoms with van der Waals surface area (Å²) in [6.45, 7) is 1.16. The number of nitrogens with one attached hydrogen (secondary N) is 2. The molecule has 0 saturated heterocycles. The molecule has 2 rings (SSSR count). The lowest BCUT2D eigenvalue weighted by Gasteiger charge is -2.06. The summed E-state index contributed by atoms with van der Waals surface area (Å²) in [4.78, 5) is 24.1. The van der Waals surface area contributed by atoms with E-state index in [1.165, 1.54) is 0 Å². The van der Waals surface area contributed by atoms with E-state index in [0.29, 0.717) is 29.1 Å².